The SMILES string of the molecule is Cc1csc(NC(=O)c2cn(C)cc3c(=O)n(-c4ccccc4)nc2-3)n1. The van der Waals surface area contributed by atoms with Crippen molar-refractivity contribution in [3.63, 3.8) is 0 Å². The Bertz CT molecular complexity index is 1130. The summed E-state index contributed by atoms with van der Waals surface area (Å²) in [5.41, 5.74) is 2.30. The molecule has 1 N–H and O–H groups in total. The van der Waals surface area contributed by atoms with Crippen LogP contribution in [0.15, 0.2) is 52.9 Å². The number of nitrogens with zero attached hydrogens (tertiary/aromatic N) is 4. The van der Waals surface area contributed by atoms with Crippen molar-refractivity contribution in [3.8, 4) is 16.9 Å². The lowest BCUT2D eigenvalue weighted by atomic mass is 10.1. The molecule has 0 radical (unpaired) electrons. The van der Waals surface area contributed by atoms with Crippen molar-refractivity contribution in [2.45, 2.75) is 6.92 Å². The molecule has 0 aliphatic carbocycles. The maximum absolute atomic E-state index is 12.8. The zero-order valence-electron chi connectivity index (χ0n) is 14.1. The Hall–Kier alpha value is -3.26. The molecule has 0 saturated carbocycles. The molecule has 4 rings (SSSR count). The number of carbonyl (C=O) groups excluding carboxylic acids is 1. The quantitative estimate of drug-likeness (QED) is 0.605. The molecule has 2 aromatic rings. The van der Waals surface area contributed by atoms with Gasteiger partial charge in [-0.3, -0.25) is 14.9 Å². The highest BCUT2D eigenvalue weighted by atomic mass is 32.1. The van der Waals surface area contributed by atoms with E-state index in [1.165, 1.54) is 16.0 Å². The Labute approximate surface area is 152 Å². The van der Waals surface area contributed by atoms with E-state index in [2.05, 4.69) is 15.4 Å². The second kappa shape index (κ2) is 6.23. The van der Waals surface area contributed by atoms with E-state index in [4.69, 9.17) is 0 Å². The number of carbonyl (C=O) groups is 1. The van der Waals surface area contributed by atoms with Crippen molar-refractivity contribution in [1.82, 2.24) is 19.3 Å². The maximum atomic E-state index is 12.8. The van der Waals surface area contributed by atoms with Crippen molar-refractivity contribution in [2.75, 3.05) is 5.32 Å². The van der Waals surface area contributed by atoms with E-state index in [0.29, 0.717) is 27.6 Å². The number of rotatable bonds is 3. The van der Waals surface area contributed by atoms with Crippen molar-refractivity contribution < 1.29 is 4.79 Å². The normalized spacial score (nSPS) is 11.0. The topological polar surface area (TPSA) is 81.8 Å². The van der Waals surface area contributed by atoms with Crippen molar-refractivity contribution >= 4 is 22.4 Å². The van der Waals surface area contributed by atoms with E-state index < -0.39 is 0 Å². The highest BCUT2D eigenvalue weighted by molar-refractivity contribution is 7.13. The third kappa shape index (κ3) is 2.80. The van der Waals surface area contributed by atoms with Gasteiger partial charge < -0.3 is 4.57 Å². The number of nitrogens with one attached hydrogen (secondary N) is 1. The minimum atomic E-state index is -0.349. The number of para-hydroxylation sites is 1. The van der Waals surface area contributed by atoms with Crippen LogP contribution in [0.2, 0.25) is 0 Å². The minimum Gasteiger partial charge on any atom is -0.356 e. The Kier molecular flexibility index (Phi) is 3.89. The number of hydrogen-bond acceptors (Lipinski definition) is 5. The lowest BCUT2D eigenvalue weighted by Crippen LogP contribution is -2.17. The summed E-state index contributed by atoms with van der Waals surface area (Å²) in [6.45, 7) is 1.86. The summed E-state index contributed by atoms with van der Waals surface area (Å²) < 4.78 is 3.00. The fourth-order valence-corrected chi connectivity index (χ4v) is 3.41. The van der Waals surface area contributed by atoms with Crippen LogP contribution in [0.5, 0.6) is 0 Å². The van der Waals surface area contributed by atoms with E-state index in [1.54, 1.807) is 36.1 Å². The van der Waals surface area contributed by atoms with Gasteiger partial charge in [-0.05, 0) is 19.1 Å². The summed E-state index contributed by atoms with van der Waals surface area (Å²) in [4.78, 5) is 29.7. The first-order valence-corrected chi connectivity index (χ1v) is 8.79. The molecule has 0 bridgehead atoms. The monoisotopic (exact) mass is 365 g/mol. The van der Waals surface area contributed by atoms with Gasteiger partial charge in [-0.25, -0.2) is 4.98 Å². The molecule has 0 atom stereocenters. The number of fused-ring (bicyclic) bond motifs is 1. The van der Waals surface area contributed by atoms with Crippen molar-refractivity contribution in [1.29, 1.82) is 0 Å². The average molecular weight is 365 g/mol. The standard InChI is InChI=1S/C18H15N5O2S/c1-11-10-26-18(19-11)20-16(24)13-8-22(2)9-14-15(13)21-23(17(14)25)12-6-4-3-5-7-12/h3-10H,1-2H3,(H,19,20,24). The summed E-state index contributed by atoms with van der Waals surface area (Å²) in [5, 5.41) is 9.54. The zero-order valence-corrected chi connectivity index (χ0v) is 14.9. The molecule has 3 heterocycles. The molecule has 26 heavy (non-hydrogen) atoms. The van der Waals surface area contributed by atoms with Crippen LogP contribution in [0, 0.1) is 6.92 Å². The Morgan fingerprint density at radius 1 is 1.19 bits per heavy atom. The molecule has 7 nitrogen and oxygen atoms in total. The fraction of sp³-hybridized carbons (Fsp3) is 0.111. The van der Waals surface area contributed by atoms with Gasteiger partial charge in [0.25, 0.3) is 11.5 Å². The third-order valence-corrected chi connectivity index (χ3v) is 4.76. The largest absolute Gasteiger partial charge is 0.356 e. The van der Waals surface area contributed by atoms with Gasteiger partial charge >= 0.3 is 0 Å². The molecule has 8 heteroatoms. The van der Waals surface area contributed by atoms with Gasteiger partial charge in [0.1, 0.15) is 5.69 Å². The summed E-state index contributed by atoms with van der Waals surface area (Å²) in [6, 6.07) is 9.13. The molecule has 0 saturated heterocycles. The second-order valence-electron chi connectivity index (χ2n) is 5.90. The first kappa shape index (κ1) is 16.2. The smallest absolute Gasteiger partial charge is 0.282 e. The maximum Gasteiger partial charge on any atom is 0.282 e. The lowest BCUT2D eigenvalue weighted by Gasteiger charge is -2.08. The predicted octanol–water partition coefficient (Wildman–Crippen LogP) is 2.69. The molecule has 1 aromatic carbocycles. The van der Waals surface area contributed by atoms with Gasteiger partial charge in [-0.1, -0.05) is 18.2 Å². The van der Waals surface area contributed by atoms with Gasteiger partial charge in [-0.15, -0.1) is 11.3 Å². The molecule has 1 aromatic heterocycles. The van der Waals surface area contributed by atoms with Crippen LogP contribution in [0.3, 0.4) is 0 Å². The van der Waals surface area contributed by atoms with E-state index in [-0.39, 0.29) is 11.5 Å². The van der Waals surface area contributed by atoms with Gasteiger partial charge in [0.15, 0.2) is 5.13 Å². The zero-order chi connectivity index (χ0) is 18.3. The first-order valence-electron chi connectivity index (χ1n) is 7.91. The van der Waals surface area contributed by atoms with Gasteiger partial charge in [0.2, 0.25) is 0 Å². The Morgan fingerprint density at radius 3 is 2.65 bits per heavy atom. The van der Waals surface area contributed by atoms with Gasteiger partial charge in [-0.2, -0.15) is 9.78 Å². The number of benzene rings is 1. The average Bonchev–Trinajstić information content (AvgIpc) is 3.18. The van der Waals surface area contributed by atoms with E-state index in [9.17, 15) is 9.59 Å². The number of hydrogen-bond donors (Lipinski definition) is 1. The van der Waals surface area contributed by atoms with Gasteiger partial charge in [0.05, 0.1) is 22.5 Å². The van der Waals surface area contributed by atoms with Crippen LogP contribution in [0.4, 0.5) is 5.13 Å². The first-order chi connectivity index (χ1) is 12.5. The van der Waals surface area contributed by atoms with Crippen LogP contribution in [-0.4, -0.2) is 25.2 Å². The summed E-state index contributed by atoms with van der Waals surface area (Å²) in [5.74, 6) is -0.349. The highest BCUT2D eigenvalue weighted by Crippen LogP contribution is 2.23. The van der Waals surface area contributed by atoms with Crippen molar-refractivity contribution in [3.05, 3.63) is 69.7 Å². The van der Waals surface area contributed by atoms with Crippen LogP contribution < -0.4 is 10.9 Å². The third-order valence-electron chi connectivity index (χ3n) is 3.88. The van der Waals surface area contributed by atoms with Crippen LogP contribution in [0.1, 0.15) is 16.1 Å². The molecular formula is C18H15N5O2S. The van der Waals surface area contributed by atoms with Crippen LogP contribution in [0.25, 0.3) is 16.9 Å². The Balaban J connectivity index is 1.82. The minimum absolute atomic E-state index is 0.262. The number of anilines is 1. The number of pyridine rings is 1. The Morgan fingerprint density at radius 2 is 1.96 bits per heavy atom. The summed E-state index contributed by atoms with van der Waals surface area (Å²) in [6.07, 6.45) is 3.33. The fourth-order valence-electron chi connectivity index (χ4n) is 2.72. The van der Waals surface area contributed by atoms with Crippen molar-refractivity contribution in [2.24, 2.45) is 7.05 Å². The molecule has 0 unspecified atom stereocenters. The number of amides is 1. The summed E-state index contributed by atoms with van der Waals surface area (Å²) >= 11 is 1.35. The molecule has 1 amide bonds. The molecule has 130 valence electrons. The molecular weight excluding hydrogens is 350 g/mol. The van der Waals surface area contributed by atoms with Crippen LogP contribution in [-0.2, 0) is 7.05 Å². The lowest BCUT2D eigenvalue weighted by molar-refractivity contribution is 0.102. The predicted molar refractivity (Wildman–Crippen MR) is 100 cm³/mol. The number of aromatic nitrogens is 4. The molecule has 0 spiro atoms. The summed E-state index contributed by atoms with van der Waals surface area (Å²) in [7, 11) is 1.77. The van der Waals surface area contributed by atoms with E-state index in [0.717, 1.165) is 5.69 Å². The number of thiazole rings is 1. The van der Waals surface area contributed by atoms with Gasteiger partial charge in [0, 0.05) is 24.8 Å². The van der Waals surface area contributed by atoms with E-state index >= 15 is 0 Å². The highest BCUT2D eigenvalue weighted by Gasteiger charge is 2.24. The van der Waals surface area contributed by atoms with E-state index in [1.807, 2.05) is 30.5 Å². The molecule has 0 fully saturated rings. The molecule has 2 aliphatic heterocycles. The molecule has 2 aliphatic rings. The van der Waals surface area contributed by atoms with Crippen LogP contribution >= 0.6 is 11.3 Å². The second-order valence-corrected chi connectivity index (χ2v) is 6.76. The number of aryl methyl sites for hydroxylation is 2.